The van der Waals surface area contributed by atoms with E-state index in [0.717, 1.165) is 12.8 Å². The van der Waals surface area contributed by atoms with Gasteiger partial charge >= 0.3 is 0 Å². The van der Waals surface area contributed by atoms with Gasteiger partial charge in [-0.25, -0.2) is 0 Å². The van der Waals surface area contributed by atoms with Crippen molar-refractivity contribution in [1.82, 2.24) is 9.88 Å². The molecule has 20 heavy (non-hydrogen) atoms. The summed E-state index contributed by atoms with van der Waals surface area (Å²) in [5, 5.41) is 23.2. The Bertz CT molecular complexity index is 520. The predicted molar refractivity (Wildman–Crippen MR) is 72.5 cm³/mol. The van der Waals surface area contributed by atoms with E-state index < -0.39 is 16.9 Å². The maximum absolute atomic E-state index is 12.1. The Morgan fingerprint density at radius 3 is 2.75 bits per heavy atom. The topological polar surface area (TPSA) is 97.4 Å². The number of amides is 1. The van der Waals surface area contributed by atoms with Crippen molar-refractivity contribution in [3.05, 3.63) is 28.1 Å². The Morgan fingerprint density at radius 1 is 1.60 bits per heavy atom. The molecule has 7 nitrogen and oxygen atoms in total. The van der Waals surface area contributed by atoms with Gasteiger partial charge < -0.3 is 15.0 Å². The molecule has 1 saturated carbocycles. The van der Waals surface area contributed by atoms with Crippen LogP contribution in [0.5, 0.6) is 0 Å². The first-order valence-electron chi connectivity index (χ1n) is 6.72. The van der Waals surface area contributed by atoms with E-state index in [0.29, 0.717) is 0 Å². The zero-order valence-corrected chi connectivity index (χ0v) is 11.6. The Balaban J connectivity index is 2.08. The van der Waals surface area contributed by atoms with Crippen molar-refractivity contribution in [1.29, 1.82) is 0 Å². The van der Waals surface area contributed by atoms with Gasteiger partial charge in [-0.1, -0.05) is 0 Å². The first-order valence-corrected chi connectivity index (χ1v) is 6.72. The summed E-state index contributed by atoms with van der Waals surface area (Å²) in [6.07, 6.45) is 2.81. The molecule has 1 heterocycles. The summed E-state index contributed by atoms with van der Waals surface area (Å²) in [6.45, 7) is 3.87. The summed E-state index contributed by atoms with van der Waals surface area (Å²) in [5.41, 5.74) is 0.140. The number of rotatable bonds is 6. The van der Waals surface area contributed by atoms with Crippen molar-refractivity contribution >= 4 is 11.6 Å². The molecule has 0 saturated heterocycles. The standard InChI is InChI=1S/C13H19N3O4/c1-8(2)15-7-10(16(19)20)5-11(15)13(18)14-6-12(17)9-3-4-9/h5,7-9,12,17H,3-4,6H2,1-2H3,(H,14,18). The van der Waals surface area contributed by atoms with Crippen molar-refractivity contribution in [3.63, 3.8) is 0 Å². The molecule has 110 valence electrons. The number of hydrogen-bond acceptors (Lipinski definition) is 4. The number of hydrogen-bond donors (Lipinski definition) is 2. The molecule has 2 N–H and O–H groups in total. The van der Waals surface area contributed by atoms with E-state index in [1.165, 1.54) is 12.3 Å². The van der Waals surface area contributed by atoms with Crippen LogP contribution in [0.25, 0.3) is 0 Å². The average molecular weight is 281 g/mol. The van der Waals surface area contributed by atoms with Crippen molar-refractivity contribution < 1.29 is 14.8 Å². The molecule has 1 aromatic rings. The number of carbonyl (C=O) groups is 1. The number of nitro groups is 1. The van der Waals surface area contributed by atoms with E-state index in [4.69, 9.17) is 0 Å². The second-order valence-corrected chi connectivity index (χ2v) is 5.46. The number of aliphatic hydroxyl groups excluding tert-OH is 1. The van der Waals surface area contributed by atoms with Crippen molar-refractivity contribution in [2.24, 2.45) is 5.92 Å². The zero-order valence-electron chi connectivity index (χ0n) is 11.6. The molecule has 1 aliphatic rings. The van der Waals surface area contributed by atoms with Crippen LogP contribution in [0.2, 0.25) is 0 Å². The van der Waals surface area contributed by atoms with Gasteiger partial charge in [0, 0.05) is 18.7 Å². The summed E-state index contributed by atoms with van der Waals surface area (Å²) >= 11 is 0. The van der Waals surface area contributed by atoms with Crippen LogP contribution >= 0.6 is 0 Å². The number of aromatic nitrogens is 1. The number of nitrogens with one attached hydrogen (secondary N) is 1. The maximum Gasteiger partial charge on any atom is 0.287 e. The molecular formula is C13H19N3O4. The highest BCUT2D eigenvalue weighted by atomic mass is 16.6. The largest absolute Gasteiger partial charge is 0.391 e. The maximum atomic E-state index is 12.1. The molecular weight excluding hydrogens is 262 g/mol. The van der Waals surface area contributed by atoms with E-state index >= 15 is 0 Å². The van der Waals surface area contributed by atoms with Gasteiger partial charge in [0.1, 0.15) is 5.69 Å². The quantitative estimate of drug-likeness (QED) is 0.609. The normalized spacial score (nSPS) is 16.2. The van der Waals surface area contributed by atoms with Crippen LogP contribution in [0.1, 0.15) is 43.2 Å². The highest BCUT2D eigenvalue weighted by Gasteiger charge is 2.30. The highest BCUT2D eigenvalue weighted by Crippen LogP contribution is 2.32. The monoisotopic (exact) mass is 281 g/mol. The summed E-state index contributed by atoms with van der Waals surface area (Å²) in [4.78, 5) is 22.4. The van der Waals surface area contributed by atoms with Crippen LogP contribution in [0.4, 0.5) is 5.69 Å². The highest BCUT2D eigenvalue weighted by molar-refractivity contribution is 5.93. The number of aliphatic hydroxyl groups is 1. The Kier molecular flexibility index (Phi) is 4.08. The molecule has 0 bridgehead atoms. The Hall–Kier alpha value is -1.89. The SMILES string of the molecule is CC(C)n1cc([N+](=O)[O-])cc1C(=O)NCC(O)C1CC1. The predicted octanol–water partition coefficient (Wildman–Crippen LogP) is 1.48. The van der Waals surface area contributed by atoms with Gasteiger partial charge in [-0.2, -0.15) is 0 Å². The fourth-order valence-electron chi connectivity index (χ4n) is 2.11. The molecule has 1 fully saturated rings. The van der Waals surface area contributed by atoms with Crippen LogP contribution in [-0.4, -0.2) is 33.2 Å². The molecule has 2 rings (SSSR count). The fraction of sp³-hybridized carbons (Fsp3) is 0.615. The summed E-state index contributed by atoms with van der Waals surface area (Å²) in [6, 6.07) is 1.21. The minimum Gasteiger partial charge on any atom is -0.391 e. The molecule has 0 radical (unpaired) electrons. The lowest BCUT2D eigenvalue weighted by Gasteiger charge is -2.14. The van der Waals surface area contributed by atoms with Gasteiger partial charge in [0.05, 0.1) is 17.2 Å². The Morgan fingerprint density at radius 2 is 2.25 bits per heavy atom. The van der Waals surface area contributed by atoms with Gasteiger partial charge in [-0.15, -0.1) is 0 Å². The van der Waals surface area contributed by atoms with E-state index in [2.05, 4.69) is 5.32 Å². The lowest BCUT2D eigenvalue weighted by atomic mass is 10.2. The third-order valence-electron chi connectivity index (χ3n) is 3.47. The average Bonchev–Trinajstić information content (AvgIpc) is 3.12. The van der Waals surface area contributed by atoms with E-state index in [1.807, 2.05) is 13.8 Å². The third-order valence-corrected chi connectivity index (χ3v) is 3.47. The molecule has 1 atom stereocenters. The summed E-state index contributed by atoms with van der Waals surface area (Å²) in [5.74, 6) is -0.118. The summed E-state index contributed by atoms with van der Waals surface area (Å²) in [7, 11) is 0. The molecule has 0 spiro atoms. The lowest BCUT2D eigenvalue weighted by molar-refractivity contribution is -0.384. The van der Waals surface area contributed by atoms with Gasteiger partial charge in [-0.05, 0) is 32.6 Å². The molecule has 0 aromatic carbocycles. The first kappa shape index (κ1) is 14.5. The second kappa shape index (κ2) is 5.62. The summed E-state index contributed by atoms with van der Waals surface area (Å²) < 4.78 is 1.57. The van der Waals surface area contributed by atoms with Crippen LogP contribution in [0, 0.1) is 16.0 Å². The third kappa shape index (κ3) is 3.16. The molecule has 1 aromatic heterocycles. The molecule has 0 aliphatic heterocycles. The van der Waals surface area contributed by atoms with E-state index in [9.17, 15) is 20.0 Å². The smallest absolute Gasteiger partial charge is 0.287 e. The van der Waals surface area contributed by atoms with Gasteiger partial charge in [0.2, 0.25) is 0 Å². The van der Waals surface area contributed by atoms with Crippen LogP contribution in [0.3, 0.4) is 0 Å². The molecule has 7 heteroatoms. The second-order valence-electron chi connectivity index (χ2n) is 5.46. The lowest BCUT2D eigenvalue weighted by Crippen LogP contribution is -2.34. The van der Waals surface area contributed by atoms with Gasteiger partial charge in [0.25, 0.3) is 11.6 Å². The zero-order chi connectivity index (χ0) is 14.9. The first-order chi connectivity index (χ1) is 9.40. The molecule has 1 unspecified atom stereocenters. The Labute approximate surface area is 116 Å². The van der Waals surface area contributed by atoms with Crippen LogP contribution < -0.4 is 5.32 Å². The minimum absolute atomic E-state index is 0.0576. The van der Waals surface area contributed by atoms with Crippen molar-refractivity contribution in [2.75, 3.05) is 6.54 Å². The van der Waals surface area contributed by atoms with E-state index in [1.54, 1.807) is 4.57 Å². The van der Waals surface area contributed by atoms with Gasteiger partial charge in [-0.3, -0.25) is 14.9 Å². The van der Waals surface area contributed by atoms with Crippen LogP contribution in [0.15, 0.2) is 12.3 Å². The number of carbonyl (C=O) groups excluding carboxylic acids is 1. The molecule has 1 amide bonds. The van der Waals surface area contributed by atoms with Crippen molar-refractivity contribution in [3.8, 4) is 0 Å². The van der Waals surface area contributed by atoms with Crippen LogP contribution in [-0.2, 0) is 0 Å². The molecule has 1 aliphatic carbocycles. The van der Waals surface area contributed by atoms with Crippen molar-refractivity contribution in [2.45, 2.75) is 38.8 Å². The minimum atomic E-state index is -0.531. The fourth-order valence-corrected chi connectivity index (χ4v) is 2.11. The van der Waals surface area contributed by atoms with Gasteiger partial charge in [0.15, 0.2) is 0 Å². The number of nitrogens with zero attached hydrogens (tertiary/aromatic N) is 2. The van der Waals surface area contributed by atoms with E-state index in [-0.39, 0.29) is 29.9 Å².